The molecule has 1 amide bonds. The van der Waals surface area contributed by atoms with Gasteiger partial charge in [0, 0.05) is 12.1 Å². The Balaban J connectivity index is 1.93. The normalized spacial score (nSPS) is 12.3. The van der Waals surface area contributed by atoms with Crippen molar-refractivity contribution in [1.29, 1.82) is 5.26 Å². The fourth-order valence-corrected chi connectivity index (χ4v) is 3.13. The Labute approximate surface area is 188 Å². The zero-order chi connectivity index (χ0) is 24.0. The monoisotopic (exact) mass is 455 g/mol. The molecule has 4 N–H and O–H groups in total. The van der Waals surface area contributed by atoms with Crippen molar-refractivity contribution in [1.82, 2.24) is 30.3 Å². The van der Waals surface area contributed by atoms with Crippen LogP contribution in [0.5, 0.6) is 5.88 Å². The van der Waals surface area contributed by atoms with E-state index < -0.39 is 24.0 Å². The van der Waals surface area contributed by atoms with Crippen LogP contribution < -0.4 is 20.7 Å². The van der Waals surface area contributed by atoms with Gasteiger partial charge in [-0.15, -0.1) is 5.10 Å². The predicted octanol–water partition coefficient (Wildman–Crippen LogP) is 2.67. The molecule has 0 saturated carbocycles. The third-order valence-electron chi connectivity index (χ3n) is 4.77. The van der Waals surface area contributed by atoms with Crippen LogP contribution in [0.15, 0.2) is 30.7 Å². The summed E-state index contributed by atoms with van der Waals surface area (Å²) in [5.74, 6) is -0.479. The van der Waals surface area contributed by atoms with Gasteiger partial charge < -0.3 is 25.8 Å². The van der Waals surface area contributed by atoms with Crippen molar-refractivity contribution in [2.45, 2.75) is 32.4 Å². The van der Waals surface area contributed by atoms with Crippen molar-refractivity contribution >= 4 is 23.4 Å². The van der Waals surface area contributed by atoms with Gasteiger partial charge in [0.05, 0.1) is 37.0 Å². The minimum atomic E-state index is -1.19. The van der Waals surface area contributed by atoms with Crippen LogP contribution in [-0.4, -0.2) is 55.4 Å². The molecule has 0 bridgehead atoms. The Morgan fingerprint density at radius 1 is 1.39 bits per heavy atom. The first kappa shape index (κ1) is 23.2. The number of aromatic nitrogens is 5. The molecule has 0 saturated heterocycles. The zero-order valence-electron chi connectivity index (χ0n) is 18.1. The topological polar surface area (TPSA) is 163 Å². The van der Waals surface area contributed by atoms with E-state index in [4.69, 9.17) is 9.84 Å². The predicted molar refractivity (Wildman–Crippen MR) is 116 cm³/mol. The first-order valence-corrected chi connectivity index (χ1v) is 9.90. The molecular formula is C20H22FN9O3. The van der Waals surface area contributed by atoms with Crippen molar-refractivity contribution in [3.8, 4) is 17.6 Å². The average molecular weight is 455 g/mol. The molecule has 0 aliphatic rings. The van der Waals surface area contributed by atoms with E-state index in [0.29, 0.717) is 23.7 Å². The summed E-state index contributed by atoms with van der Waals surface area (Å²) in [6.45, 7) is 3.48. The minimum absolute atomic E-state index is 0.0269. The number of carboxylic acid groups (broad SMARTS) is 1. The summed E-state index contributed by atoms with van der Waals surface area (Å²) < 4.78 is 21.4. The quantitative estimate of drug-likeness (QED) is 0.377. The van der Waals surface area contributed by atoms with Crippen LogP contribution >= 0.6 is 0 Å². The number of methoxy groups -OCH3 is 1. The van der Waals surface area contributed by atoms with E-state index in [1.54, 1.807) is 19.2 Å². The maximum absolute atomic E-state index is 14.6. The van der Waals surface area contributed by atoms with E-state index in [-0.39, 0.29) is 17.2 Å². The number of anilines is 3. The number of halogens is 1. The molecule has 0 fully saturated rings. The van der Waals surface area contributed by atoms with Crippen LogP contribution in [0.1, 0.15) is 25.8 Å². The number of nitrogens with one attached hydrogen (secondary N) is 3. The summed E-state index contributed by atoms with van der Waals surface area (Å²) in [5, 5.41) is 34.3. The standard InChI is InChI=1S/C20H22FN9O3/c1-4-15(11(2)25-20(31)32)27-18-14(21)7-12(9-22)17(28-18)26-13-8-16(19(33-3)23-10-13)30-6-5-24-29-30/h5-8,10-11,15,25H,4H2,1-3H3,(H,31,32)(H2,26,27,28)/t11-,15+/m0/s1. The number of amides is 1. The number of nitrogens with zero attached hydrogens (tertiary/aromatic N) is 6. The summed E-state index contributed by atoms with van der Waals surface area (Å²) in [6, 6.07) is 3.66. The van der Waals surface area contributed by atoms with E-state index in [1.165, 1.54) is 24.2 Å². The molecule has 3 aromatic heterocycles. The molecule has 0 aromatic carbocycles. The molecule has 0 spiro atoms. The van der Waals surface area contributed by atoms with Gasteiger partial charge >= 0.3 is 6.09 Å². The largest absolute Gasteiger partial charge is 0.479 e. The summed E-state index contributed by atoms with van der Waals surface area (Å²) >= 11 is 0. The number of pyridine rings is 2. The second-order valence-electron chi connectivity index (χ2n) is 6.95. The molecule has 0 unspecified atom stereocenters. The van der Waals surface area contributed by atoms with Gasteiger partial charge in [0.25, 0.3) is 0 Å². The van der Waals surface area contributed by atoms with Gasteiger partial charge in [-0.25, -0.2) is 23.8 Å². The molecule has 0 radical (unpaired) electrons. The first-order chi connectivity index (χ1) is 15.9. The van der Waals surface area contributed by atoms with Gasteiger partial charge in [0.15, 0.2) is 17.5 Å². The molecule has 172 valence electrons. The maximum atomic E-state index is 14.6. The third kappa shape index (κ3) is 5.42. The van der Waals surface area contributed by atoms with Crippen LogP contribution in [0.3, 0.4) is 0 Å². The Kier molecular flexibility index (Phi) is 7.19. The van der Waals surface area contributed by atoms with Crippen molar-refractivity contribution in [3.63, 3.8) is 0 Å². The highest BCUT2D eigenvalue weighted by molar-refractivity contribution is 5.67. The summed E-state index contributed by atoms with van der Waals surface area (Å²) in [7, 11) is 1.47. The SMILES string of the molecule is CC[C@@H](Nc1nc(Nc2cnc(OC)c(-n3ccnn3)c2)c(C#N)cc1F)[C@H](C)NC(=O)O. The van der Waals surface area contributed by atoms with Gasteiger partial charge in [0.2, 0.25) is 5.88 Å². The lowest BCUT2D eigenvalue weighted by molar-refractivity contribution is 0.189. The fourth-order valence-electron chi connectivity index (χ4n) is 3.13. The Morgan fingerprint density at radius 3 is 2.79 bits per heavy atom. The average Bonchev–Trinajstić information content (AvgIpc) is 3.33. The molecular weight excluding hydrogens is 433 g/mol. The molecule has 3 heterocycles. The van der Waals surface area contributed by atoms with Crippen molar-refractivity contribution in [2.75, 3.05) is 17.7 Å². The second-order valence-corrected chi connectivity index (χ2v) is 6.95. The summed E-state index contributed by atoms with van der Waals surface area (Å²) in [5.41, 5.74) is 0.898. The highest BCUT2D eigenvalue weighted by Crippen LogP contribution is 2.27. The van der Waals surface area contributed by atoms with Crippen LogP contribution in [0.2, 0.25) is 0 Å². The van der Waals surface area contributed by atoms with Gasteiger partial charge in [-0.1, -0.05) is 12.1 Å². The van der Waals surface area contributed by atoms with E-state index in [0.717, 1.165) is 6.07 Å². The van der Waals surface area contributed by atoms with Gasteiger partial charge in [-0.2, -0.15) is 5.26 Å². The summed E-state index contributed by atoms with van der Waals surface area (Å²) in [4.78, 5) is 19.4. The van der Waals surface area contributed by atoms with E-state index in [2.05, 4.69) is 36.2 Å². The lowest BCUT2D eigenvalue weighted by Crippen LogP contribution is -2.44. The molecule has 12 nitrogen and oxygen atoms in total. The van der Waals surface area contributed by atoms with E-state index in [9.17, 15) is 14.4 Å². The van der Waals surface area contributed by atoms with Crippen LogP contribution in [0.25, 0.3) is 5.69 Å². The minimum Gasteiger partial charge on any atom is -0.479 e. The maximum Gasteiger partial charge on any atom is 0.404 e. The smallest absolute Gasteiger partial charge is 0.404 e. The molecule has 13 heteroatoms. The molecule has 0 aliphatic carbocycles. The second kappa shape index (κ2) is 10.2. The first-order valence-electron chi connectivity index (χ1n) is 9.90. The fraction of sp³-hybridized carbons (Fsp3) is 0.300. The van der Waals surface area contributed by atoms with Crippen molar-refractivity contribution in [3.05, 3.63) is 42.1 Å². The lowest BCUT2D eigenvalue weighted by Gasteiger charge is -2.25. The highest BCUT2D eigenvalue weighted by atomic mass is 19.1. The number of nitriles is 1. The van der Waals surface area contributed by atoms with Gasteiger partial charge in [-0.05, 0) is 25.5 Å². The Hall–Kier alpha value is -4.47. The Morgan fingerprint density at radius 2 is 2.18 bits per heavy atom. The molecule has 2 atom stereocenters. The van der Waals surface area contributed by atoms with Gasteiger partial charge in [0.1, 0.15) is 11.8 Å². The third-order valence-corrected chi connectivity index (χ3v) is 4.77. The number of hydrogen-bond acceptors (Lipinski definition) is 9. The van der Waals surface area contributed by atoms with Crippen LogP contribution in [0, 0.1) is 17.1 Å². The van der Waals surface area contributed by atoms with Gasteiger partial charge in [-0.3, -0.25) is 0 Å². The van der Waals surface area contributed by atoms with E-state index >= 15 is 0 Å². The highest BCUT2D eigenvalue weighted by Gasteiger charge is 2.21. The van der Waals surface area contributed by atoms with Crippen molar-refractivity contribution < 1.29 is 19.0 Å². The van der Waals surface area contributed by atoms with Crippen molar-refractivity contribution in [2.24, 2.45) is 0 Å². The molecule has 0 aliphatic heterocycles. The number of carbonyl (C=O) groups is 1. The van der Waals surface area contributed by atoms with E-state index in [1.807, 2.05) is 13.0 Å². The molecule has 3 rings (SSSR count). The number of hydrogen-bond donors (Lipinski definition) is 4. The molecule has 3 aromatic rings. The lowest BCUT2D eigenvalue weighted by atomic mass is 10.1. The zero-order valence-corrected chi connectivity index (χ0v) is 18.1. The number of ether oxygens (including phenoxy) is 1. The summed E-state index contributed by atoms with van der Waals surface area (Å²) in [6.07, 6.45) is 3.88. The molecule has 33 heavy (non-hydrogen) atoms. The van der Waals surface area contributed by atoms with Crippen LogP contribution in [0.4, 0.5) is 26.5 Å². The Bertz CT molecular complexity index is 1160. The number of rotatable bonds is 9. The van der Waals surface area contributed by atoms with Crippen LogP contribution in [-0.2, 0) is 0 Å².